The number of sulfonamides is 1. The van der Waals surface area contributed by atoms with Crippen LogP contribution in [0.3, 0.4) is 0 Å². The SMILES string of the molecule is CCc1ccc2nc(NC(=O)c3cc(S(=O)(=O)N4CCc5ccccc54)ccc3OC)sc2c1. The summed E-state index contributed by atoms with van der Waals surface area (Å²) in [6.07, 6.45) is 1.56. The van der Waals surface area contributed by atoms with Gasteiger partial charge in [0.15, 0.2) is 5.13 Å². The molecule has 1 aliphatic heterocycles. The lowest BCUT2D eigenvalue weighted by Crippen LogP contribution is -2.29. The van der Waals surface area contributed by atoms with Gasteiger partial charge in [-0.3, -0.25) is 14.4 Å². The van der Waals surface area contributed by atoms with Crippen LogP contribution in [0.5, 0.6) is 5.75 Å². The number of ether oxygens (including phenoxy) is 1. The van der Waals surface area contributed by atoms with Crippen LogP contribution in [0.4, 0.5) is 10.8 Å². The second kappa shape index (κ2) is 8.73. The average Bonchev–Trinajstić information content (AvgIpc) is 3.47. The lowest BCUT2D eigenvalue weighted by molar-refractivity contribution is 0.102. The Morgan fingerprint density at radius 1 is 1.15 bits per heavy atom. The van der Waals surface area contributed by atoms with E-state index in [1.807, 2.05) is 30.3 Å². The number of amides is 1. The molecule has 1 amide bonds. The van der Waals surface area contributed by atoms with Crippen molar-refractivity contribution >= 4 is 48.3 Å². The summed E-state index contributed by atoms with van der Waals surface area (Å²) >= 11 is 1.38. The summed E-state index contributed by atoms with van der Waals surface area (Å²) in [6.45, 7) is 2.44. The Bertz CT molecular complexity index is 1510. The smallest absolute Gasteiger partial charge is 0.264 e. The molecule has 4 aromatic rings. The number of hydrogen-bond acceptors (Lipinski definition) is 6. The molecule has 0 radical (unpaired) electrons. The first-order valence-electron chi connectivity index (χ1n) is 10.9. The van der Waals surface area contributed by atoms with Crippen LogP contribution in [0.25, 0.3) is 10.2 Å². The van der Waals surface area contributed by atoms with Crippen molar-refractivity contribution in [2.24, 2.45) is 0 Å². The van der Waals surface area contributed by atoms with Crippen molar-refractivity contribution in [1.29, 1.82) is 0 Å². The van der Waals surface area contributed by atoms with Crippen molar-refractivity contribution in [2.75, 3.05) is 23.3 Å². The molecule has 0 atom stereocenters. The Morgan fingerprint density at radius 3 is 2.76 bits per heavy atom. The van der Waals surface area contributed by atoms with Crippen LogP contribution in [0.15, 0.2) is 65.6 Å². The van der Waals surface area contributed by atoms with Crippen molar-refractivity contribution in [2.45, 2.75) is 24.7 Å². The molecule has 34 heavy (non-hydrogen) atoms. The maximum Gasteiger partial charge on any atom is 0.264 e. The summed E-state index contributed by atoms with van der Waals surface area (Å²) in [6, 6.07) is 17.8. The van der Waals surface area contributed by atoms with Gasteiger partial charge in [0.1, 0.15) is 5.75 Å². The van der Waals surface area contributed by atoms with E-state index < -0.39 is 15.9 Å². The number of aromatic nitrogens is 1. The van der Waals surface area contributed by atoms with Gasteiger partial charge in [-0.1, -0.05) is 42.5 Å². The van der Waals surface area contributed by atoms with Crippen LogP contribution < -0.4 is 14.4 Å². The zero-order chi connectivity index (χ0) is 23.9. The number of methoxy groups -OCH3 is 1. The summed E-state index contributed by atoms with van der Waals surface area (Å²) < 4.78 is 34.6. The van der Waals surface area contributed by atoms with E-state index in [0.717, 1.165) is 22.2 Å². The number of nitrogens with zero attached hydrogens (tertiary/aromatic N) is 2. The summed E-state index contributed by atoms with van der Waals surface area (Å²) in [5.74, 6) is -0.196. The molecule has 0 bridgehead atoms. The zero-order valence-electron chi connectivity index (χ0n) is 18.7. The Kier molecular flexibility index (Phi) is 5.75. The minimum atomic E-state index is -3.85. The molecule has 0 saturated heterocycles. The quantitative estimate of drug-likeness (QED) is 0.414. The van der Waals surface area contributed by atoms with Crippen molar-refractivity contribution in [3.05, 3.63) is 77.4 Å². The largest absolute Gasteiger partial charge is 0.496 e. The van der Waals surface area contributed by atoms with Crippen molar-refractivity contribution in [1.82, 2.24) is 4.98 Å². The van der Waals surface area contributed by atoms with E-state index >= 15 is 0 Å². The van der Waals surface area contributed by atoms with Gasteiger partial charge in [0.25, 0.3) is 15.9 Å². The molecule has 1 aliphatic rings. The molecular formula is C25H23N3O4S2. The minimum absolute atomic E-state index is 0.0343. The number of rotatable bonds is 6. The Labute approximate surface area is 202 Å². The number of anilines is 2. The molecule has 1 N–H and O–H groups in total. The highest BCUT2D eigenvalue weighted by Crippen LogP contribution is 2.34. The number of fused-ring (bicyclic) bond motifs is 2. The first kappa shape index (κ1) is 22.4. The molecule has 0 unspecified atom stereocenters. The molecule has 7 nitrogen and oxygen atoms in total. The fourth-order valence-corrected chi connectivity index (χ4v) is 6.57. The molecule has 174 valence electrons. The summed E-state index contributed by atoms with van der Waals surface area (Å²) in [4.78, 5) is 17.7. The third-order valence-electron chi connectivity index (χ3n) is 5.93. The van der Waals surface area contributed by atoms with E-state index in [1.165, 1.54) is 46.5 Å². The van der Waals surface area contributed by atoms with Gasteiger partial charge in [0.2, 0.25) is 0 Å². The van der Waals surface area contributed by atoms with E-state index in [9.17, 15) is 13.2 Å². The van der Waals surface area contributed by atoms with E-state index in [2.05, 4.69) is 23.3 Å². The first-order chi connectivity index (χ1) is 16.4. The molecule has 2 heterocycles. The third-order valence-corrected chi connectivity index (χ3v) is 8.67. The van der Waals surface area contributed by atoms with Gasteiger partial charge in [-0.2, -0.15) is 0 Å². The van der Waals surface area contributed by atoms with Crippen LogP contribution in [-0.2, 0) is 22.9 Å². The number of para-hydroxylation sites is 1. The Hall–Kier alpha value is -3.43. The maximum absolute atomic E-state index is 13.5. The van der Waals surface area contributed by atoms with E-state index in [4.69, 9.17) is 4.74 Å². The Balaban J connectivity index is 1.47. The molecule has 0 saturated carbocycles. The highest BCUT2D eigenvalue weighted by Gasteiger charge is 2.31. The summed E-state index contributed by atoms with van der Waals surface area (Å²) in [5.41, 5.74) is 3.78. The second-order valence-corrected chi connectivity index (χ2v) is 10.8. The second-order valence-electron chi connectivity index (χ2n) is 7.95. The topological polar surface area (TPSA) is 88.6 Å². The fraction of sp³-hybridized carbons (Fsp3) is 0.200. The summed E-state index contributed by atoms with van der Waals surface area (Å²) in [5, 5.41) is 3.25. The lowest BCUT2D eigenvalue weighted by Gasteiger charge is -2.20. The number of aryl methyl sites for hydroxylation is 1. The van der Waals surface area contributed by atoms with Crippen molar-refractivity contribution in [3.8, 4) is 5.75 Å². The maximum atomic E-state index is 13.5. The van der Waals surface area contributed by atoms with Gasteiger partial charge in [-0.15, -0.1) is 0 Å². The fourth-order valence-electron chi connectivity index (χ4n) is 4.12. The molecule has 9 heteroatoms. The van der Waals surface area contributed by atoms with Crippen LogP contribution >= 0.6 is 11.3 Å². The van der Waals surface area contributed by atoms with Crippen LogP contribution in [-0.4, -0.2) is 33.0 Å². The van der Waals surface area contributed by atoms with Gasteiger partial charge in [-0.25, -0.2) is 13.4 Å². The minimum Gasteiger partial charge on any atom is -0.496 e. The van der Waals surface area contributed by atoms with E-state index in [-0.39, 0.29) is 16.2 Å². The molecule has 0 spiro atoms. The predicted molar refractivity (Wildman–Crippen MR) is 135 cm³/mol. The number of nitrogens with one attached hydrogen (secondary N) is 1. The van der Waals surface area contributed by atoms with Gasteiger partial charge < -0.3 is 4.74 Å². The van der Waals surface area contributed by atoms with Gasteiger partial charge in [-0.05, 0) is 60.4 Å². The average molecular weight is 494 g/mol. The highest BCUT2D eigenvalue weighted by molar-refractivity contribution is 7.92. The van der Waals surface area contributed by atoms with Crippen LogP contribution in [0.2, 0.25) is 0 Å². The lowest BCUT2D eigenvalue weighted by atomic mass is 10.2. The van der Waals surface area contributed by atoms with E-state index in [1.54, 1.807) is 6.07 Å². The third kappa shape index (κ3) is 3.91. The normalized spacial score (nSPS) is 13.2. The Morgan fingerprint density at radius 2 is 1.97 bits per heavy atom. The van der Waals surface area contributed by atoms with Crippen LogP contribution in [0, 0.1) is 0 Å². The summed E-state index contributed by atoms with van der Waals surface area (Å²) in [7, 11) is -2.40. The van der Waals surface area contributed by atoms with Crippen molar-refractivity contribution in [3.63, 3.8) is 0 Å². The monoisotopic (exact) mass is 493 g/mol. The number of carbonyl (C=O) groups excluding carboxylic acids is 1. The zero-order valence-corrected chi connectivity index (χ0v) is 20.4. The van der Waals surface area contributed by atoms with Gasteiger partial charge >= 0.3 is 0 Å². The van der Waals surface area contributed by atoms with Gasteiger partial charge in [0, 0.05) is 6.54 Å². The molecule has 0 aliphatic carbocycles. The molecule has 3 aromatic carbocycles. The highest BCUT2D eigenvalue weighted by atomic mass is 32.2. The number of carbonyl (C=O) groups is 1. The molecule has 5 rings (SSSR count). The van der Waals surface area contributed by atoms with Gasteiger partial charge in [0.05, 0.1) is 33.5 Å². The molecule has 1 aromatic heterocycles. The van der Waals surface area contributed by atoms with E-state index in [0.29, 0.717) is 23.8 Å². The first-order valence-corrected chi connectivity index (χ1v) is 13.2. The standard InChI is InChI=1S/C25H23N3O4S2/c1-3-16-8-10-20-23(14-16)33-25(26-20)27-24(29)19-15-18(9-11-22(19)32-2)34(30,31)28-13-12-17-6-4-5-7-21(17)28/h4-11,14-15H,3,12-13H2,1-2H3,(H,26,27,29). The molecular weight excluding hydrogens is 470 g/mol. The number of hydrogen-bond donors (Lipinski definition) is 1. The van der Waals surface area contributed by atoms with Crippen molar-refractivity contribution < 1.29 is 17.9 Å². The molecule has 0 fully saturated rings. The van der Waals surface area contributed by atoms with Crippen LogP contribution in [0.1, 0.15) is 28.4 Å². The predicted octanol–water partition coefficient (Wildman–Crippen LogP) is 4.87. The number of thiazole rings is 1. The number of benzene rings is 3.